The predicted molar refractivity (Wildman–Crippen MR) is 101 cm³/mol. The second-order valence-electron chi connectivity index (χ2n) is 7.00. The summed E-state index contributed by atoms with van der Waals surface area (Å²) < 4.78 is 5.52. The Hall–Kier alpha value is -2.14. The summed E-state index contributed by atoms with van der Waals surface area (Å²) in [7, 11) is 1.74. The molecule has 0 N–H and O–H groups in total. The molecule has 1 aromatic heterocycles. The van der Waals surface area contributed by atoms with Gasteiger partial charge in [-0.2, -0.15) is 0 Å². The molecule has 1 unspecified atom stereocenters. The number of ether oxygens (including phenoxy) is 1. The van der Waals surface area contributed by atoms with Crippen LogP contribution in [0, 0.1) is 0 Å². The largest absolute Gasteiger partial charge is 0.495 e. The van der Waals surface area contributed by atoms with E-state index in [1.807, 2.05) is 24.4 Å². The number of para-hydroxylation sites is 2. The second kappa shape index (κ2) is 7.83. The van der Waals surface area contributed by atoms with Crippen LogP contribution in [0.5, 0.6) is 5.75 Å². The summed E-state index contributed by atoms with van der Waals surface area (Å²) in [6.45, 7) is 10.4. The zero-order valence-corrected chi connectivity index (χ0v) is 15.6. The first-order valence-electron chi connectivity index (χ1n) is 9.02. The van der Waals surface area contributed by atoms with E-state index in [4.69, 9.17) is 9.72 Å². The highest BCUT2D eigenvalue weighted by molar-refractivity contribution is 5.58. The summed E-state index contributed by atoms with van der Waals surface area (Å²) in [6.07, 6.45) is 1.88. The third-order valence-electron chi connectivity index (χ3n) is 4.80. The van der Waals surface area contributed by atoms with Gasteiger partial charge in [-0.25, -0.2) is 9.97 Å². The van der Waals surface area contributed by atoms with Crippen molar-refractivity contribution >= 4 is 5.69 Å². The van der Waals surface area contributed by atoms with Crippen LogP contribution in [0.15, 0.2) is 36.5 Å². The molecule has 2 heterocycles. The lowest BCUT2D eigenvalue weighted by Gasteiger charge is -2.41. The summed E-state index contributed by atoms with van der Waals surface area (Å²) in [5.41, 5.74) is 2.29. The van der Waals surface area contributed by atoms with E-state index < -0.39 is 0 Å². The quantitative estimate of drug-likeness (QED) is 0.835. The van der Waals surface area contributed by atoms with Crippen molar-refractivity contribution in [1.82, 2.24) is 14.9 Å². The molecule has 0 saturated carbocycles. The average molecular weight is 340 g/mol. The van der Waals surface area contributed by atoms with Crippen molar-refractivity contribution in [3.05, 3.63) is 48.0 Å². The van der Waals surface area contributed by atoms with Crippen LogP contribution >= 0.6 is 0 Å². The zero-order valence-electron chi connectivity index (χ0n) is 15.6. The number of anilines is 1. The molecule has 0 spiro atoms. The highest BCUT2D eigenvalue weighted by atomic mass is 16.5. The van der Waals surface area contributed by atoms with Gasteiger partial charge < -0.3 is 9.64 Å². The van der Waals surface area contributed by atoms with Crippen LogP contribution in [0.2, 0.25) is 0 Å². The lowest BCUT2D eigenvalue weighted by Crippen LogP contribution is -2.51. The molecule has 0 radical (unpaired) electrons. The standard InChI is InChI=1S/C20H28N4O/c1-15(2)20-21-10-9-17(22-20)14-23-11-12-24(13-16(23)3)18-7-5-6-8-19(18)25-4/h5-10,15-16H,11-14H2,1-4H3. The van der Waals surface area contributed by atoms with Crippen LogP contribution in [0.3, 0.4) is 0 Å². The van der Waals surface area contributed by atoms with Crippen molar-refractivity contribution in [2.75, 3.05) is 31.6 Å². The van der Waals surface area contributed by atoms with Gasteiger partial charge in [-0.1, -0.05) is 26.0 Å². The molecule has 1 fully saturated rings. The lowest BCUT2D eigenvalue weighted by atomic mass is 10.1. The number of nitrogens with zero attached hydrogens (tertiary/aromatic N) is 4. The Morgan fingerprint density at radius 1 is 1.20 bits per heavy atom. The molecule has 1 aromatic carbocycles. The molecular weight excluding hydrogens is 312 g/mol. The molecule has 1 atom stereocenters. The van der Waals surface area contributed by atoms with Gasteiger partial charge in [-0.05, 0) is 25.1 Å². The van der Waals surface area contributed by atoms with Gasteiger partial charge in [0.15, 0.2) is 0 Å². The van der Waals surface area contributed by atoms with Crippen LogP contribution in [0.25, 0.3) is 0 Å². The van der Waals surface area contributed by atoms with Gasteiger partial charge in [-0.15, -0.1) is 0 Å². The molecule has 1 saturated heterocycles. The summed E-state index contributed by atoms with van der Waals surface area (Å²) in [6, 6.07) is 10.7. The van der Waals surface area contributed by atoms with Crippen LogP contribution in [0.1, 0.15) is 38.2 Å². The van der Waals surface area contributed by atoms with Crippen molar-refractivity contribution in [2.45, 2.75) is 39.3 Å². The van der Waals surface area contributed by atoms with Gasteiger partial charge in [0.2, 0.25) is 0 Å². The number of benzene rings is 1. The number of piperazine rings is 1. The van der Waals surface area contributed by atoms with Gasteiger partial charge in [0.25, 0.3) is 0 Å². The van der Waals surface area contributed by atoms with E-state index in [0.29, 0.717) is 12.0 Å². The van der Waals surface area contributed by atoms with Crippen molar-refractivity contribution in [1.29, 1.82) is 0 Å². The van der Waals surface area contributed by atoms with Crippen LogP contribution in [0.4, 0.5) is 5.69 Å². The summed E-state index contributed by atoms with van der Waals surface area (Å²) in [5.74, 6) is 2.23. The number of aromatic nitrogens is 2. The normalized spacial score (nSPS) is 18.6. The van der Waals surface area contributed by atoms with Crippen molar-refractivity contribution in [3.8, 4) is 5.75 Å². The molecule has 0 amide bonds. The third-order valence-corrected chi connectivity index (χ3v) is 4.80. The second-order valence-corrected chi connectivity index (χ2v) is 7.00. The Bertz CT molecular complexity index is 704. The number of rotatable bonds is 5. The molecule has 1 aliphatic heterocycles. The molecule has 134 valence electrons. The minimum atomic E-state index is 0.361. The van der Waals surface area contributed by atoms with E-state index in [1.54, 1.807) is 7.11 Å². The summed E-state index contributed by atoms with van der Waals surface area (Å²) in [4.78, 5) is 14.0. The molecule has 2 aromatic rings. The Labute approximate surface area is 150 Å². The minimum Gasteiger partial charge on any atom is -0.495 e. The molecule has 25 heavy (non-hydrogen) atoms. The smallest absolute Gasteiger partial charge is 0.142 e. The summed E-state index contributed by atoms with van der Waals surface area (Å²) >= 11 is 0. The molecule has 3 rings (SSSR count). The highest BCUT2D eigenvalue weighted by Gasteiger charge is 2.25. The molecular formula is C20H28N4O. The lowest BCUT2D eigenvalue weighted by molar-refractivity contribution is 0.178. The maximum absolute atomic E-state index is 5.52. The molecule has 1 aliphatic rings. The maximum Gasteiger partial charge on any atom is 0.142 e. The number of hydrogen-bond acceptors (Lipinski definition) is 5. The van der Waals surface area contributed by atoms with Crippen molar-refractivity contribution in [3.63, 3.8) is 0 Å². The van der Waals surface area contributed by atoms with Gasteiger partial charge >= 0.3 is 0 Å². The van der Waals surface area contributed by atoms with E-state index >= 15 is 0 Å². The van der Waals surface area contributed by atoms with E-state index in [2.05, 4.69) is 47.7 Å². The monoisotopic (exact) mass is 340 g/mol. The van der Waals surface area contributed by atoms with Gasteiger partial charge in [0.1, 0.15) is 11.6 Å². The van der Waals surface area contributed by atoms with Gasteiger partial charge in [0.05, 0.1) is 18.5 Å². The van der Waals surface area contributed by atoms with E-state index in [1.165, 1.54) is 5.69 Å². The van der Waals surface area contributed by atoms with E-state index in [0.717, 1.165) is 43.4 Å². The molecule has 5 nitrogen and oxygen atoms in total. The Balaban J connectivity index is 1.67. The number of methoxy groups -OCH3 is 1. The van der Waals surface area contributed by atoms with Gasteiger partial charge in [-0.3, -0.25) is 4.90 Å². The predicted octanol–water partition coefficient (Wildman–Crippen LogP) is 3.32. The summed E-state index contributed by atoms with van der Waals surface area (Å²) in [5, 5.41) is 0. The van der Waals surface area contributed by atoms with E-state index in [-0.39, 0.29) is 0 Å². The first kappa shape index (κ1) is 17.7. The molecule has 5 heteroatoms. The van der Waals surface area contributed by atoms with Gasteiger partial charge in [0, 0.05) is 44.3 Å². The Morgan fingerprint density at radius 2 is 2.00 bits per heavy atom. The average Bonchev–Trinajstić information content (AvgIpc) is 2.63. The van der Waals surface area contributed by atoms with Crippen LogP contribution in [-0.4, -0.2) is 47.7 Å². The van der Waals surface area contributed by atoms with Crippen molar-refractivity contribution < 1.29 is 4.74 Å². The Kier molecular flexibility index (Phi) is 5.53. The van der Waals surface area contributed by atoms with Crippen molar-refractivity contribution in [2.24, 2.45) is 0 Å². The van der Waals surface area contributed by atoms with Crippen LogP contribution in [-0.2, 0) is 6.54 Å². The minimum absolute atomic E-state index is 0.361. The fourth-order valence-corrected chi connectivity index (χ4v) is 3.33. The SMILES string of the molecule is COc1ccccc1N1CCN(Cc2ccnc(C(C)C)n2)C(C)C1. The number of hydrogen-bond donors (Lipinski definition) is 0. The molecule has 0 aliphatic carbocycles. The molecule has 0 bridgehead atoms. The Morgan fingerprint density at radius 3 is 2.72 bits per heavy atom. The maximum atomic E-state index is 5.52. The van der Waals surface area contributed by atoms with E-state index in [9.17, 15) is 0 Å². The zero-order chi connectivity index (χ0) is 17.8. The topological polar surface area (TPSA) is 41.5 Å². The highest BCUT2D eigenvalue weighted by Crippen LogP contribution is 2.29. The van der Waals surface area contributed by atoms with Crippen LogP contribution < -0.4 is 9.64 Å². The third kappa shape index (κ3) is 4.10. The fourth-order valence-electron chi connectivity index (χ4n) is 3.33. The first-order valence-corrected chi connectivity index (χ1v) is 9.02. The first-order chi connectivity index (χ1) is 12.1. The fraction of sp³-hybridized carbons (Fsp3) is 0.500.